The van der Waals surface area contributed by atoms with Crippen molar-refractivity contribution in [3.63, 3.8) is 0 Å². The van der Waals surface area contributed by atoms with Crippen molar-refractivity contribution >= 4 is 27.7 Å². The van der Waals surface area contributed by atoms with Crippen LogP contribution in [0.25, 0.3) is 0 Å². The molecule has 2 unspecified atom stereocenters. The molecule has 1 aromatic heterocycles. The molecule has 0 amide bonds. The van der Waals surface area contributed by atoms with Crippen LogP contribution in [0.5, 0.6) is 0 Å². The summed E-state index contributed by atoms with van der Waals surface area (Å²) in [7, 11) is 0. The van der Waals surface area contributed by atoms with Gasteiger partial charge in [-0.15, -0.1) is 11.8 Å². The summed E-state index contributed by atoms with van der Waals surface area (Å²) in [5.41, 5.74) is 7.55. The molecule has 19 heavy (non-hydrogen) atoms. The Morgan fingerprint density at radius 3 is 2.63 bits per heavy atom. The van der Waals surface area contributed by atoms with Gasteiger partial charge >= 0.3 is 0 Å². The van der Waals surface area contributed by atoms with Gasteiger partial charge in [0.1, 0.15) is 0 Å². The number of aromatic nitrogens is 1. The Hall–Kier alpha value is -0.840. The van der Waals surface area contributed by atoms with E-state index in [4.69, 9.17) is 5.73 Å². The number of halogens is 1. The molecule has 100 valence electrons. The highest BCUT2D eigenvalue weighted by Crippen LogP contribution is 2.38. The number of thioether (sulfide) groups is 1. The molecule has 2 rings (SSSR count). The van der Waals surface area contributed by atoms with Crippen molar-refractivity contribution in [3.8, 4) is 0 Å². The first-order valence-electron chi connectivity index (χ1n) is 6.28. The summed E-state index contributed by atoms with van der Waals surface area (Å²) in [5, 5.41) is 0.255. The monoisotopic (exact) mass is 336 g/mol. The topological polar surface area (TPSA) is 38.9 Å². The van der Waals surface area contributed by atoms with Crippen LogP contribution in [0.1, 0.15) is 24.2 Å². The largest absolute Gasteiger partial charge is 0.326 e. The van der Waals surface area contributed by atoms with Gasteiger partial charge in [-0.1, -0.05) is 35.0 Å². The van der Waals surface area contributed by atoms with E-state index in [0.29, 0.717) is 0 Å². The maximum absolute atomic E-state index is 6.30. The number of nitrogens with two attached hydrogens (primary N) is 1. The number of rotatable bonds is 5. The van der Waals surface area contributed by atoms with Crippen LogP contribution in [-0.2, 0) is 0 Å². The van der Waals surface area contributed by atoms with E-state index >= 15 is 0 Å². The van der Waals surface area contributed by atoms with E-state index in [0.717, 1.165) is 10.9 Å². The molecule has 2 atom stereocenters. The molecule has 0 saturated heterocycles. The number of pyridine rings is 1. The molecule has 1 aromatic carbocycles. The van der Waals surface area contributed by atoms with Crippen molar-refractivity contribution < 1.29 is 0 Å². The van der Waals surface area contributed by atoms with Crippen molar-refractivity contribution in [1.82, 2.24) is 4.98 Å². The summed E-state index contributed by atoms with van der Waals surface area (Å²) >= 11 is 5.32. The van der Waals surface area contributed by atoms with Gasteiger partial charge in [0.25, 0.3) is 0 Å². The van der Waals surface area contributed by atoms with Gasteiger partial charge in [-0.3, -0.25) is 4.98 Å². The predicted octanol–water partition coefficient (Wildman–Crippen LogP) is 4.41. The standard InChI is InChI=1S/C15H17BrN2S/c1-2-14(17)15(11-4-3-5-12(16)10-11)19-13-6-8-18-9-7-13/h3-10,14-15H,2,17H2,1H3. The first kappa shape index (κ1) is 14.6. The SMILES string of the molecule is CCC(N)C(Sc1ccncc1)c1cccc(Br)c1. The van der Waals surface area contributed by atoms with Gasteiger partial charge in [0.2, 0.25) is 0 Å². The number of hydrogen-bond acceptors (Lipinski definition) is 3. The van der Waals surface area contributed by atoms with Gasteiger partial charge in [0.05, 0.1) is 0 Å². The number of hydrogen-bond donors (Lipinski definition) is 1. The van der Waals surface area contributed by atoms with E-state index in [1.165, 1.54) is 10.5 Å². The molecule has 2 nitrogen and oxygen atoms in total. The normalized spacial score (nSPS) is 14.1. The van der Waals surface area contributed by atoms with Crippen LogP contribution < -0.4 is 5.73 Å². The first-order chi connectivity index (χ1) is 9.20. The third-order valence-corrected chi connectivity index (χ3v) is 4.86. The van der Waals surface area contributed by atoms with E-state index < -0.39 is 0 Å². The van der Waals surface area contributed by atoms with Crippen molar-refractivity contribution in [3.05, 3.63) is 58.8 Å². The Morgan fingerprint density at radius 2 is 2.00 bits per heavy atom. The third kappa shape index (κ3) is 4.06. The fourth-order valence-corrected chi connectivity index (χ4v) is 3.50. The van der Waals surface area contributed by atoms with Crippen LogP contribution in [0.15, 0.2) is 58.2 Å². The zero-order valence-corrected chi connectivity index (χ0v) is 13.2. The maximum Gasteiger partial charge on any atom is 0.0495 e. The molecule has 0 bridgehead atoms. The van der Waals surface area contributed by atoms with Crippen LogP contribution in [0.2, 0.25) is 0 Å². The summed E-state index contributed by atoms with van der Waals surface area (Å²) < 4.78 is 1.09. The van der Waals surface area contributed by atoms with Crippen LogP contribution in [0, 0.1) is 0 Å². The van der Waals surface area contributed by atoms with Crippen molar-refractivity contribution in [2.24, 2.45) is 5.73 Å². The molecule has 2 N–H and O–H groups in total. The lowest BCUT2D eigenvalue weighted by molar-refractivity contribution is 0.634. The minimum atomic E-state index is 0.132. The second-order valence-corrected chi connectivity index (χ2v) is 6.48. The Balaban J connectivity index is 2.26. The van der Waals surface area contributed by atoms with E-state index in [-0.39, 0.29) is 11.3 Å². The first-order valence-corrected chi connectivity index (χ1v) is 7.95. The van der Waals surface area contributed by atoms with Gasteiger partial charge in [0, 0.05) is 33.1 Å². The highest BCUT2D eigenvalue weighted by Gasteiger charge is 2.20. The summed E-state index contributed by atoms with van der Waals surface area (Å²) in [5.74, 6) is 0. The molecule has 0 aliphatic carbocycles. The van der Waals surface area contributed by atoms with E-state index in [1.54, 1.807) is 11.8 Å². The van der Waals surface area contributed by atoms with Crippen LogP contribution >= 0.6 is 27.7 Å². The summed E-state index contributed by atoms with van der Waals surface area (Å²) in [6.07, 6.45) is 4.59. The maximum atomic E-state index is 6.30. The minimum Gasteiger partial charge on any atom is -0.326 e. The molecule has 2 aromatic rings. The molecule has 0 saturated carbocycles. The zero-order valence-electron chi connectivity index (χ0n) is 10.8. The Kier molecular flexibility index (Phi) is 5.43. The van der Waals surface area contributed by atoms with Gasteiger partial charge < -0.3 is 5.73 Å². The summed E-state index contributed by atoms with van der Waals surface area (Å²) in [4.78, 5) is 5.25. The zero-order chi connectivity index (χ0) is 13.7. The van der Waals surface area contributed by atoms with E-state index in [1.807, 2.05) is 30.6 Å². The second kappa shape index (κ2) is 7.08. The van der Waals surface area contributed by atoms with Gasteiger partial charge in [-0.2, -0.15) is 0 Å². The third-order valence-electron chi connectivity index (χ3n) is 2.95. The average molecular weight is 337 g/mol. The smallest absolute Gasteiger partial charge is 0.0495 e. The lowest BCUT2D eigenvalue weighted by Crippen LogP contribution is -2.25. The molecule has 4 heteroatoms. The van der Waals surface area contributed by atoms with E-state index in [2.05, 4.69) is 46.0 Å². The molecule has 0 aliphatic heterocycles. The molecule has 0 radical (unpaired) electrons. The van der Waals surface area contributed by atoms with Crippen LogP contribution in [0.4, 0.5) is 0 Å². The van der Waals surface area contributed by atoms with Gasteiger partial charge in [-0.25, -0.2) is 0 Å². The van der Waals surface area contributed by atoms with Crippen LogP contribution in [-0.4, -0.2) is 11.0 Å². The van der Waals surface area contributed by atoms with Gasteiger partial charge in [0.15, 0.2) is 0 Å². The quantitative estimate of drug-likeness (QED) is 0.821. The predicted molar refractivity (Wildman–Crippen MR) is 85.2 cm³/mol. The second-order valence-electron chi connectivity index (χ2n) is 4.35. The summed E-state index contributed by atoms with van der Waals surface area (Å²) in [6, 6.07) is 12.6. The fraction of sp³-hybridized carbons (Fsp3) is 0.267. The van der Waals surface area contributed by atoms with Crippen LogP contribution in [0.3, 0.4) is 0 Å². The summed E-state index contributed by atoms with van der Waals surface area (Å²) in [6.45, 7) is 2.13. The van der Waals surface area contributed by atoms with E-state index in [9.17, 15) is 0 Å². The minimum absolute atomic E-state index is 0.132. The molecule has 0 aliphatic rings. The number of benzene rings is 1. The number of nitrogens with zero attached hydrogens (tertiary/aromatic N) is 1. The molecule has 0 spiro atoms. The van der Waals surface area contributed by atoms with Crippen molar-refractivity contribution in [1.29, 1.82) is 0 Å². The fourth-order valence-electron chi connectivity index (χ4n) is 1.86. The Morgan fingerprint density at radius 1 is 1.26 bits per heavy atom. The Labute approximate surface area is 126 Å². The average Bonchev–Trinajstić information content (AvgIpc) is 2.45. The molecular weight excluding hydrogens is 320 g/mol. The molecule has 1 heterocycles. The van der Waals surface area contributed by atoms with Crippen molar-refractivity contribution in [2.45, 2.75) is 29.5 Å². The highest BCUT2D eigenvalue weighted by atomic mass is 79.9. The van der Waals surface area contributed by atoms with Gasteiger partial charge in [-0.05, 0) is 36.2 Å². The van der Waals surface area contributed by atoms with Crippen molar-refractivity contribution in [2.75, 3.05) is 0 Å². The lowest BCUT2D eigenvalue weighted by atomic mass is 10.0. The highest BCUT2D eigenvalue weighted by molar-refractivity contribution is 9.10. The molecule has 0 fully saturated rings. The lowest BCUT2D eigenvalue weighted by Gasteiger charge is -2.23. The molecular formula is C15H17BrN2S. The Bertz CT molecular complexity index is 519.